The van der Waals surface area contributed by atoms with E-state index in [2.05, 4.69) is 63.1 Å². The van der Waals surface area contributed by atoms with Gasteiger partial charge in [-0.05, 0) is 88.9 Å². The van der Waals surface area contributed by atoms with E-state index in [0.717, 1.165) is 5.56 Å². The molecule has 168 valence electrons. The number of nitrogens with one attached hydrogen (secondary N) is 1. The number of carbonyl (C=O) groups excluding carboxylic acids is 1. The molecular weight excluding hydrogens is 406 g/mol. The Balaban J connectivity index is 1.43. The zero-order chi connectivity index (χ0) is 23.6. The van der Waals surface area contributed by atoms with Crippen molar-refractivity contribution in [1.29, 1.82) is 0 Å². The second kappa shape index (κ2) is 8.79. The lowest BCUT2D eigenvalue weighted by Gasteiger charge is -2.42. The lowest BCUT2D eigenvalue weighted by molar-refractivity contribution is 0.102. The van der Waals surface area contributed by atoms with E-state index < -0.39 is 0 Å². The summed E-state index contributed by atoms with van der Waals surface area (Å²) >= 11 is 0. The monoisotopic (exact) mass is 437 g/mol. The molecule has 0 atom stereocenters. The van der Waals surface area contributed by atoms with E-state index in [1.165, 1.54) is 29.5 Å². The molecule has 1 aliphatic rings. The molecule has 0 aliphatic heterocycles. The van der Waals surface area contributed by atoms with Gasteiger partial charge >= 0.3 is 0 Å². The van der Waals surface area contributed by atoms with Crippen molar-refractivity contribution < 1.29 is 9.90 Å². The van der Waals surface area contributed by atoms with Gasteiger partial charge in [-0.15, -0.1) is 0 Å². The Morgan fingerprint density at radius 3 is 2.18 bits per heavy atom. The Kier molecular flexibility index (Phi) is 6.04. The fraction of sp³-hybridized carbons (Fsp3) is 0.300. The van der Waals surface area contributed by atoms with Crippen molar-refractivity contribution in [3.05, 3.63) is 94.5 Å². The van der Waals surface area contributed by atoms with Crippen molar-refractivity contribution in [1.82, 2.24) is 0 Å². The van der Waals surface area contributed by atoms with Crippen LogP contribution in [0.2, 0.25) is 0 Å². The predicted molar refractivity (Wildman–Crippen MR) is 135 cm³/mol. The molecule has 0 radical (unpaired) electrons. The molecule has 2 N–H and O–H groups in total. The summed E-state index contributed by atoms with van der Waals surface area (Å²) in [6, 6.07) is 20.6. The maximum absolute atomic E-state index is 12.4. The van der Waals surface area contributed by atoms with E-state index in [0.29, 0.717) is 17.7 Å². The number of anilines is 1. The third-order valence-electron chi connectivity index (χ3n) is 6.71. The van der Waals surface area contributed by atoms with Crippen LogP contribution in [0.15, 0.2) is 66.7 Å². The van der Waals surface area contributed by atoms with Crippen LogP contribution in [0.5, 0.6) is 5.75 Å². The summed E-state index contributed by atoms with van der Waals surface area (Å²) in [6.07, 6.45) is 3.12. The van der Waals surface area contributed by atoms with Gasteiger partial charge in [0.2, 0.25) is 0 Å². The van der Waals surface area contributed by atoms with E-state index in [-0.39, 0.29) is 22.5 Å². The standard InChI is InChI=1S/C30H31NO2/c1-29(2)18-19-30(3,4)27-20-22(10-17-26(27)29)7-5-6-21-8-11-23(12-9-21)28(33)31-24-13-15-25(32)16-14-24/h8-17,20,32H,7,18-19H2,1-4H3,(H,31,33). The molecule has 3 aromatic rings. The number of carbonyl (C=O) groups is 1. The number of aromatic hydroxyl groups is 1. The highest BCUT2D eigenvalue weighted by Gasteiger charge is 2.36. The van der Waals surface area contributed by atoms with Crippen molar-refractivity contribution >= 4 is 11.6 Å². The quantitative estimate of drug-likeness (QED) is 0.359. The third-order valence-corrected chi connectivity index (χ3v) is 6.71. The van der Waals surface area contributed by atoms with E-state index in [1.807, 2.05) is 12.1 Å². The van der Waals surface area contributed by atoms with Crippen molar-refractivity contribution in [2.45, 2.75) is 57.8 Å². The summed E-state index contributed by atoms with van der Waals surface area (Å²) < 4.78 is 0. The maximum atomic E-state index is 12.4. The molecule has 0 bridgehead atoms. The Morgan fingerprint density at radius 1 is 0.879 bits per heavy atom. The van der Waals surface area contributed by atoms with Crippen molar-refractivity contribution in [3.8, 4) is 17.6 Å². The van der Waals surface area contributed by atoms with Gasteiger partial charge in [0, 0.05) is 23.2 Å². The fourth-order valence-corrected chi connectivity index (χ4v) is 4.45. The molecule has 33 heavy (non-hydrogen) atoms. The molecule has 0 unspecified atom stereocenters. The summed E-state index contributed by atoms with van der Waals surface area (Å²) in [7, 11) is 0. The summed E-state index contributed by atoms with van der Waals surface area (Å²) in [5.41, 5.74) is 6.69. The molecule has 1 aliphatic carbocycles. The Bertz CT molecular complexity index is 1220. The van der Waals surface area contributed by atoms with Gasteiger partial charge < -0.3 is 10.4 Å². The Labute approximate surface area is 196 Å². The summed E-state index contributed by atoms with van der Waals surface area (Å²) in [4.78, 5) is 12.4. The first-order valence-corrected chi connectivity index (χ1v) is 11.5. The van der Waals surface area contributed by atoms with Crippen LogP contribution in [-0.2, 0) is 17.3 Å². The fourth-order valence-electron chi connectivity index (χ4n) is 4.45. The number of fused-ring (bicyclic) bond motifs is 1. The number of benzene rings is 3. The number of rotatable bonds is 3. The highest BCUT2D eigenvalue weighted by molar-refractivity contribution is 6.04. The molecule has 0 saturated carbocycles. The van der Waals surface area contributed by atoms with E-state index in [9.17, 15) is 9.90 Å². The first-order valence-electron chi connectivity index (χ1n) is 11.5. The van der Waals surface area contributed by atoms with Gasteiger partial charge in [-0.2, -0.15) is 0 Å². The Hall–Kier alpha value is -3.51. The minimum atomic E-state index is -0.195. The van der Waals surface area contributed by atoms with Gasteiger partial charge in [0.15, 0.2) is 0 Å². The average molecular weight is 438 g/mol. The first kappa shape index (κ1) is 22.7. The molecular formula is C30H31NO2. The number of hydrogen-bond acceptors (Lipinski definition) is 2. The van der Waals surface area contributed by atoms with Crippen LogP contribution in [0.4, 0.5) is 5.69 Å². The minimum Gasteiger partial charge on any atom is -0.508 e. The van der Waals surface area contributed by atoms with E-state index >= 15 is 0 Å². The molecule has 0 saturated heterocycles. The Morgan fingerprint density at radius 2 is 1.52 bits per heavy atom. The second-order valence-corrected chi connectivity index (χ2v) is 10.2. The van der Waals surface area contributed by atoms with Crippen LogP contribution in [0.25, 0.3) is 0 Å². The lowest BCUT2D eigenvalue weighted by Crippen LogP contribution is -2.33. The molecule has 4 rings (SSSR count). The van der Waals surface area contributed by atoms with E-state index in [1.54, 1.807) is 36.4 Å². The number of hydrogen-bond donors (Lipinski definition) is 2. The molecule has 3 aromatic carbocycles. The van der Waals surface area contributed by atoms with E-state index in [4.69, 9.17) is 0 Å². The molecule has 3 nitrogen and oxygen atoms in total. The van der Waals surface area contributed by atoms with Gasteiger partial charge in [-0.1, -0.05) is 57.7 Å². The van der Waals surface area contributed by atoms with Crippen molar-refractivity contribution in [2.75, 3.05) is 5.32 Å². The number of phenols is 1. The molecule has 0 aromatic heterocycles. The molecule has 0 spiro atoms. The first-order chi connectivity index (χ1) is 15.6. The van der Waals surface area contributed by atoms with Gasteiger partial charge in [0.25, 0.3) is 5.91 Å². The smallest absolute Gasteiger partial charge is 0.255 e. The van der Waals surface area contributed by atoms with Gasteiger partial charge in [0.05, 0.1) is 0 Å². The largest absolute Gasteiger partial charge is 0.508 e. The van der Waals surface area contributed by atoms with Crippen LogP contribution in [0.1, 0.15) is 73.1 Å². The summed E-state index contributed by atoms with van der Waals surface area (Å²) in [5.74, 6) is 6.49. The van der Waals surface area contributed by atoms with Crippen molar-refractivity contribution in [2.24, 2.45) is 0 Å². The summed E-state index contributed by atoms with van der Waals surface area (Å²) in [6.45, 7) is 9.37. The SMILES string of the molecule is CC1(C)CCC(C)(C)c2cc(CC#Cc3ccc(C(=O)Nc4ccc(O)cc4)cc3)ccc21. The predicted octanol–water partition coefficient (Wildman–Crippen LogP) is 6.59. The maximum Gasteiger partial charge on any atom is 0.255 e. The molecule has 0 fully saturated rings. The van der Waals surface area contributed by atoms with Crippen LogP contribution in [-0.4, -0.2) is 11.0 Å². The number of amides is 1. The van der Waals surface area contributed by atoms with Crippen LogP contribution in [0, 0.1) is 11.8 Å². The molecule has 1 amide bonds. The van der Waals surface area contributed by atoms with Crippen molar-refractivity contribution in [3.63, 3.8) is 0 Å². The highest BCUT2D eigenvalue weighted by atomic mass is 16.3. The normalized spacial score (nSPS) is 15.6. The molecule has 3 heteroatoms. The van der Waals surface area contributed by atoms with Crippen LogP contribution >= 0.6 is 0 Å². The summed E-state index contributed by atoms with van der Waals surface area (Å²) in [5, 5.41) is 12.2. The minimum absolute atomic E-state index is 0.166. The zero-order valence-corrected chi connectivity index (χ0v) is 19.8. The van der Waals surface area contributed by atoms with Gasteiger partial charge in [0.1, 0.15) is 5.75 Å². The van der Waals surface area contributed by atoms with Gasteiger partial charge in [-0.25, -0.2) is 0 Å². The molecule has 0 heterocycles. The van der Waals surface area contributed by atoms with Crippen LogP contribution < -0.4 is 5.32 Å². The lowest BCUT2D eigenvalue weighted by atomic mass is 9.63. The van der Waals surface area contributed by atoms with Gasteiger partial charge in [-0.3, -0.25) is 4.79 Å². The highest BCUT2D eigenvalue weighted by Crippen LogP contribution is 2.45. The third kappa shape index (κ3) is 5.12. The average Bonchev–Trinajstić information content (AvgIpc) is 2.79. The number of phenolic OH excluding ortho intramolecular Hbond substituents is 1. The second-order valence-electron chi connectivity index (χ2n) is 10.2. The zero-order valence-electron chi connectivity index (χ0n) is 19.8. The topological polar surface area (TPSA) is 49.3 Å². The van der Waals surface area contributed by atoms with Crippen LogP contribution in [0.3, 0.4) is 0 Å².